The van der Waals surface area contributed by atoms with E-state index in [9.17, 15) is 14.0 Å². The Bertz CT molecular complexity index is 841. The highest BCUT2D eigenvalue weighted by Crippen LogP contribution is 2.33. The van der Waals surface area contributed by atoms with E-state index in [0.717, 1.165) is 0 Å². The molecule has 28 heavy (non-hydrogen) atoms. The van der Waals surface area contributed by atoms with Crippen LogP contribution in [0.5, 0.6) is 0 Å². The van der Waals surface area contributed by atoms with Crippen LogP contribution >= 0.6 is 11.6 Å². The van der Waals surface area contributed by atoms with Crippen molar-refractivity contribution in [1.82, 2.24) is 15.8 Å². The van der Waals surface area contributed by atoms with Gasteiger partial charge in [0.05, 0.1) is 10.6 Å². The lowest BCUT2D eigenvalue weighted by molar-refractivity contribution is 0.0527. The Kier molecular flexibility index (Phi) is 7.01. The van der Waals surface area contributed by atoms with Crippen LogP contribution in [0.15, 0.2) is 22.7 Å². The molecular weight excluding hydrogens is 389 g/mol. The van der Waals surface area contributed by atoms with Crippen molar-refractivity contribution in [2.24, 2.45) is 0 Å². The average Bonchev–Trinajstić information content (AvgIpc) is 2.94. The van der Waals surface area contributed by atoms with E-state index >= 15 is 0 Å². The van der Waals surface area contributed by atoms with Gasteiger partial charge in [-0.05, 0) is 46.2 Å². The molecule has 7 nitrogen and oxygen atoms in total. The van der Waals surface area contributed by atoms with Gasteiger partial charge in [0.2, 0.25) is 0 Å². The minimum Gasteiger partial charge on any atom is -0.444 e. The standard InChI is InChI=1S/C19H23ClFN3O4/c1-11-14(16(24-28-11)15-12(20)7-5-8-13(15)21)17(25)22-9-6-10-23-18(26)27-19(2,3)4/h5,7-8H,6,9-10H2,1-4H3,(H,22,25)(H,23,26). The van der Waals surface area contributed by atoms with Crippen molar-refractivity contribution in [2.45, 2.75) is 39.7 Å². The number of nitrogens with one attached hydrogen (secondary N) is 2. The third kappa shape index (κ3) is 5.69. The first kappa shape index (κ1) is 21.7. The number of rotatable bonds is 6. The maximum absolute atomic E-state index is 14.2. The van der Waals surface area contributed by atoms with Gasteiger partial charge >= 0.3 is 6.09 Å². The van der Waals surface area contributed by atoms with E-state index < -0.39 is 23.4 Å². The van der Waals surface area contributed by atoms with Crippen molar-refractivity contribution >= 4 is 23.6 Å². The lowest BCUT2D eigenvalue weighted by Crippen LogP contribution is -2.34. The Labute approximate surface area is 167 Å². The zero-order valence-corrected chi connectivity index (χ0v) is 16.9. The minimum absolute atomic E-state index is 0.0118. The van der Waals surface area contributed by atoms with E-state index in [0.29, 0.717) is 13.0 Å². The summed E-state index contributed by atoms with van der Waals surface area (Å²) in [7, 11) is 0. The van der Waals surface area contributed by atoms with E-state index in [-0.39, 0.29) is 34.1 Å². The minimum atomic E-state index is -0.601. The third-order valence-corrected chi connectivity index (χ3v) is 3.91. The molecule has 0 aliphatic heterocycles. The van der Waals surface area contributed by atoms with E-state index in [1.165, 1.54) is 18.2 Å². The molecule has 1 aromatic carbocycles. The van der Waals surface area contributed by atoms with E-state index in [2.05, 4.69) is 15.8 Å². The number of hydrogen-bond donors (Lipinski definition) is 2. The summed E-state index contributed by atoms with van der Waals surface area (Å²) in [6.45, 7) is 7.48. The van der Waals surface area contributed by atoms with Crippen molar-refractivity contribution in [2.75, 3.05) is 13.1 Å². The van der Waals surface area contributed by atoms with Gasteiger partial charge in [-0.1, -0.05) is 22.8 Å². The van der Waals surface area contributed by atoms with Gasteiger partial charge in [-0.15, -0.1) is 0 Å². The number of aromatic nitrogens is 1. The molecule has 1 heterocycles. The van der Waals surface area contributed by atoms with Crippen LogP contribution in [0.4, 0.5) is 9.18 Å². The number of hydrogen-bond acceptors (Lipinski definition) is 5. The van der Waals surface area contributed by atoms with E-state index in [1.54, 1.807) is 27.7 Å². The lowest BCUT2D eigenvalue weighted by atomic mass is 10.0. The number of carbonyl (C=O) groups excluding carboxylic acids is 2. The quantitative estimate of drug-likeness (QED) is 0.698. The number of benzene rings is 1. The first-order valence-electron chi connectivity index (χ1n) is 8.76. The number of aryl methyl sites for hydroxylation is 1. The average molecular weight is 412 g/mol. The fourth-order valence-electron chi connectivity index (χ4n) is 2.42. The predicted octanol–water partition coefficient (Wildman–Crippen LogP) is 4.09. The SMILES string of the molecule is Cc1onc(-c2c(F)cccc2Cl)c1C(=O)NCCCNC(=O)OC(C)(C)C. The second-order valence-electron chi connectivity index (χ2n) is 7.10. The van der Waals surface area contributed by atoms with E-state index in [1.807, 2.05) is 0 Å². The first-order valence-corrected chi connectivity index (χ1v) is 9.13. The summed E-state index contributed by atoms with van der Waals surface area (Å²) in [5, 5.41) is 9.23. The lowest BCUT2D eigenvalue weighted by Gasteiger charge is -2.19. The van der Waals surface area contributed by atoms with Gasteiger partial charge in [-0.2, -0.15) is 0 Å². The van der Waals surface area contributed by atoms with Crippen LogP contribution in [-0.2, 0) is 4.74 Å². The molecule has 0 atom stereocenters. The molecule has 9 heteroatoms. The number of alkyl carbamates (subject to hydrolysis) is 1. The summed E-state index contributed by atoms with van der Waals surface area (Å²) in [5.74, 6) is -0.819. The molecule has 0 aliphatic carbocycles. The van der Waals surface area contributed by atoms with Gasteiger partial charge < -0.3 is 19.9 Å². The monoisotopic (exact) mass is 411 g/mol. The summed E-state index contributed by atoms with van der Waals surface area (Å²) >= 11 is 6.07. The molecule has 0 fully saturated rings. The third-order valence-electron chi connectivity index (χ3n) is 3.60. The Hall–Kier alpha value is -2.61. The number of nitrogens with zero attached hydrogens (tertiary/aromatic N) is 1. The van der Waals surface area contributed by atoms with Gasteiger partial charge in [-0.25, -0.2) is 9.18 Å². The summed E-state index contributed by atoms with van der Waals surface area (Å²) in [4.78, 5) is 24.1. The Morgan fingerprint density at radius 2 is 1.93 bits per heavy atom. The molecule has 0 saturated heterocycles. The van der Waals surface area contributed by atoms with Crippen LogP contribution in [0.1, 0.15) is 43.3 Å². The number of amides is 2. The Morgan fingerprint density at radius 1 is 1.25 bits per heavy atom. The molecule has 2 aromatic rings. The van der Waals surface area contributed by atoms with Gasteiger partial charge in [-0.3, -0.25) is 4.79 Å². The van der Waals surface area contributed by atoms with Gasteiger partial charge in [0, 0.05) is 13.1 Å². The molecule has 0 spiro atoms. The fraction of sp³-hybridized carbons (Fsp3) is 0.421. The highest BCUT2D eigenvalue weighted by Gasteiger charge is 2.25. The zero-order chi connectivity index (χ0) is 20.9. The molecule has 0 bridgehead atoms. The molecule has 152 valence electrons. The van der Waals surface area contributed by atoms with Crippen LogP contribution in [0.25, 0.3) is 11.3 Å². The van der Waals surface area contributed by atoms with Crippen LogP contribution in [-0.4, -0.2) is 35.8 Å². The van der Waals surface area contributed by atoms with Gasteiger partial charge in [0.15, 0.2) is 0 Å². The van der Waals surface area contributed by atoms with Gasteiger partial charge in [0.1, 0.15) is 28.4 Å². The van der Waals surface area contributed by atoms with Crippen LogP contribution in [0, 0.1) is 12.7 Å². The number of ether oxygens (including phenoxy) is 1. The van der Waals surface area contributed by atoms with Gasteiger partial charge in [0.25, 0.3) is 5.91 Å². The van der Waals surface area contributed by atoms with Crippen molar-refractivity contribution < 1.29 is 23.2 Å². The Balaban J connectivity index is 1.96. The molecule has 0 saturated carbocycles. The summed E-state index contributed by atoms with van der Waals surface area (Å²) in [5.41, 5.74) is -0.399. The molecule has 1 aromatic heterocycles. The number of carbonyl (C=O) groups is 2. The van der Waals surface area contributed by atoms with Crippen molar-refractivity contribution in [1.29, 1.82) is 0 Å². The topological polar surface area (TPSA) is 93.5 Å². The largest absolute Gasteiger partial charge is 0.444 e. The maximum Gasteiger partial charge on any atom is 0.407 e. The first-order chi connectivity index (χ1) is 13.1. The zero-order valence-electron chi connectivity index (χ0n) is 16.2. The second-order valence-corrected chi connectivity index (χ2v) is 7.50. The number of halogens is 2. The van der Waals surface area contributed by atoms with Crippen LogP contribution in [0.3, 0.4) is 0 Å². The predicted molar refractivity (Wildman–Crippen MR) is 103 cm³/mol. The molecule has 2 amide bonds. The van der Waals surface area contributed by atoms with Crippen LogP contribution < -0.4 is 10.6 Å². The molecule has 0 radical (unpaired) electrons. The highest BCUT2D eigenvalue weighted by atomic mass is 35.5. The fourth-order valence-corrected chi connectivity index (χ4v) is 2.67. The molecular formula is C19H23ClFN3O4. The smallest absolute Gasteiger partial charge is 0.407 e. The maximum atomic E-state index is 14.2. The molecule has 2 rings (SSSR count). The van der Waals surface area contributed by atoms with E-state index in [4.69, 9.17) is 20.9 Å². The van der Waals surface area contributed by atoms with Crippen molar-refractivity contribution in [3.05, 3.63) is 40.4 Å². The normalized spacial score (nSPS) is 11.2. The molecule has 0 unspecified atom stereocenters. The summed E-state index contributed by atoms with van der Waals surface area (Å²) in [6, 6.07) is 4.20. The van der Waals surface area contributed by atoms with Crippen molar-refractivity contribution in [3.63, 3.8) is 0 Å². The molecule has 2 N–H and O–H groups in total. The molecule has 0 aliphatic rings. The Morgan fingerprint density at radius 3 is 2.57 bits per heavy atom. The van der Waals surface area contributed by atoms with Crippen molar-refractivity contribution in [3.8, 4) is 11.3 Å². The highest BCUT2D eigenvalue weighted by molar-refractivity contribution is 6.33. The summed E-state index contributed by atoms with van der Waals surface area (Å²) in [6.07, 6.45) is -0.0457. The van der Waals surface area contributed by atoms with Crippen LogP contribution in [0.2, 0.25) is 5.02 Å². The summed E-state index contributed by atoms with van der Waals surface area (Å²) < 4.78 is 24.4. The second kappa shape index (κ2) is 9.05.